The van der Waals surface area contributed by atoms with Crippen LogP contribution in [0.3, 0.4) is 0 Å². The zero-order chi connectivity index (χ0) is 28.4. The Morgan fingerprint density at radius 1 is 1.20 bits per heavy atom. The summed E-state index contributed by atoms with van der Waals surface area (Å²) in [6.45, 7) is 10.9. The van der Waals surface area contributed by atoms with Gasteiger partial charge in [0.05, 0.1) is 36.2 Å². The molecule has 2 aliphatic heterocycles. The van der Waals surface area contributed by atoms with Gasteiger partial charge in [-0.25, -0.2) is 9.98 Å². The number of nitrogens with zero attached hydrogens (tertiary/aromatic N) is 5. The van der Waals surface area contributed by atoms with Crippen LogP contribution in [0.25, 0.3) is 0 Å². The average Bonchev–Trinajstić information content (AvgIpc) is 2.89. The van der Waals surface area contributed by atoms with Gasteiger partial charge in [-0.2, -0.15) is 0 Å². The van der Waals surface area contributed by atoms with Crippen LogP contribution in [0.4, 0.5) is 22.9 Å². The van der Waals surface area contributed by atoms with Crippen molar-refractivity contribution in [1.29, 1.82) is 0 Å². The molecule has 3 aliphatic rings. The first-order chi connectivity index (χ1) is 19.2. The van der Waals surface area contributed by atoms with E-state index in [4.69, 9.17) is 15.1 Å². The lowest BCUT2D eigenvalue weighted by molar-refractivity contribution is -0.136. The lowest BCUT2D eigenvalue weighted by atomic mass is 9.84. The van der Waals surface area contributed by atoms with E-state index in [1.165, 1.54) is 0 Å². The van der Waals surface area contributed by atoms with E-state index >= 15 is 0 Å². The Morgan fingerprint density at radius 2 is 1.95 bits per heavy atom. The molecule has 1 aliphatic carbocycles. The number of likely N-dealkylation sites (N-methyl/N-ethyl adjacent to an activating group) is 1. The van der Waals surface area contributed by atoms with Gasteiger partial charge in [0.25, 0.3) is 0 Å². The first kappa shape index (κ1) is 27.4. The van der Waals surface area contributed by atoms with Crippen molar-refractivity contribution < 1.29 is 14.7 Å². The molecule has 210 valence electrons. The summed E-state index contributed by atoms with van der Waals surface area (Å²) in [6, 6.07) is 7.35. The molecule has 2 N–H and O–H groups in total. The summed E-state index contributed by atoms with van der Waals surface area (Å²) in [7, 11) is 2.04. The highest BCUT2D eigenvalue weighted by molar-refractivity contribution is 6.01. The summed E-state index contributed by atoms with van der Waals surface area (Å²) in [4.78, 5) is 40.5. The Kier molecular flexibility index (Phi) is 7.91. The molecule has 0 bridgehead atoms. The highest BCUT2D eigenvalue weighted by Crippen LogP contribution is 2.41. The Hall–Kier alpha value is -4.14. The Balaban J connectivity index is 1.38. The van der Waals surface area contributed by atoms with Gasteiger partial charge in [0.2, 0.25) is 5.91 Å². The standard InChI is InChI=1S/C31H38N6O3/c1-5-23-13-14-36(19-26(23)34-21(3)33-25-11-9-22(10-12-25)17-28(38)39)27-18-32-30-29(20(27)2)37(16-15-35(30)4)31(40)24-7-6-8-24/h5,9-12,18,24H,1,6-8,13-17,19H2,2-4H3,(H,33,34)(H,38,39). The normalized spacial score (nSPS) is 17.9. The minimum atomic E-state index is -0.849. The second kappa shape index (κ2) is 11.5. The number of aromatic nitrogens is 1. The maximum absolute atomic E-state index is 13.4. The Bertz CT molecular complexity index is 1380. The van der Waals surface area contributed by atoms with Crippen molar-refractivity contribution >= 4 is 40.6 Å². The molecule has 5 rings (SSSR count). The number of pyridine rings is 1. The van der Waals surface area contributed by atoms with Crippen LogP contribution >= 0.6 is 0 Å². The fraction of sp³-hybridized carbons (Fsp3) is 0.419. The molecule has 0 unspecified atom stereocenters. The van der Waals surface area contributed by atoms with Crippen molar-refractivity contribution in [2.45, 2.75) is 46.0 Å². The van der Waals surface area contributed by atoms with Gasteiger partial charge < -0.3 is 25.1 Å². The van der Waals surface area contributed by atoms with Gasteiger partial charge in [-0.05, 0) is 56.4 Å². The number of amidine groups is 1. The lowest BCUT2D eigenvalue weighted by Crippen LogP contribution is -2.47. The first-order valence-corrected chi connectivity index (χ1v) is 14.0. The minimum absolute atomic E-state index is 0.00147. The molecule has 0 saturated heterocycles. The zero-order valence-corrected chi connectivity index (χ0v) is 23.6. The second-order valence-electron chi connectivity index (χ2n) is 10.9. The third kappa shape index (κ3) is 5.59. The molecular formula is C31H38N6O3. The number of benzene rings is 1. The van der Waals surface area contributed by atoms with E-state index in [2.05, 4.69) is 28.6 Å². The number of carbonyl (C=O) groups is 2. The number of hydrogen-bond donors (Lipinski definition) is 2. The predicted octanol–water partition coefficient (Wildman–Crippen LogP) is 4.78. The van der Waals surface area contributed by atoms with E-state index in [9.17, 15) is 9.59 Å². The van der Waals surface area contributed by atoms with Crippen LogP contribution in [-0.4, -0.2) is 61.0 Å². The molecule has 1 amide bonds. The van der Waals surface area contributed by atoms with Crippen molar-refractivity contribution in [3.05, 3.63) is 65.5 Å². The van der Waals surface area contributed by atoms with Crippen LogP contribution in [0.5, 0.6) is 0 Å². The third-order valence-electron chi connectivity index (χ3n) is 8.16. The van der Waals surface area contributed by atoms with Gasteiger partial charge in [0.1, 0.15) is 5.84 Å². The number of carboxylic acids is 1. The van der Waals surface area contributed by atoms with E-state index in [1.807, 2.05) is 55.4 Å². The van der Waals surface area contributed by atoms with Crippen LogP contribution in [0.15, 0.2) is 59.4 Å². The molecule has 0 atom stereocenters. The van der Waals surface area contributed by atoms with Gasteiger partial charge in [-0.1, -0.05) is 31.2 Å². The number of carbonyl (C=O) groups excluding carboxylic acids is 1. The summed E-state index contributed by atoms with van der Waals surface area (Å²) in [5, 5.41) is 12.3. The van der Waals surface area contributed by atoms with Crippen molar-refractivity contribution in [3.8, 4) is 0 Å². The first-order valence-electron chi connectivity index (χ1n) is 14.0. The largest absolute Gasteiger partial charge is 0.481 e. The number of carboxylic acid groups (broad SMARTS) is 1. The summed E-state index contributed by atoms with van der Waals surface area (Å²) >= 11 is 0. The van der Waals surface area contributed by atoms with Gasteiger partial charge in [-0.15, -0.1) is 0 Å². The predicted molar refractivity (Wildman–Crippen MR) is 161 cm³/mol. The van der Waals surface area contributed by atoms with E-state index < -0.39 is 5.97 Å². The molecule has 40 heavy (non-hydrogen) atoms. The van der Waals surface area contributed by atoms with Crippen molar-refractivity contribution in [2.75, 3.05) is 53.2 Å². The summed E-state index contributed by atoms with van der Waals surface area (Å²) in [6.07, 6.45) is 7.72. The number of rotatable bonds is 7. The molecule has 1 aromatic heterocycles. The monoisotopic (exact) mass is 542 g/mol. The zero-order valence-electron chi connectivity index (χ0n) is 23.6. The van der Waals surface area contributed by atoms with Crippen LogP contribution in [0.1, 0.15) is 43.7 Å². The quantitative estimate of drug-likeness (QED) is 0.384. The smallest absolute Gasteiger partial charge is 0.307 e. The Labute approximate surface area is 235 Å². The number of fused-ring (bicyclic) bond motifs is 1. The minimum Gasteiger partial charge on any atom is -0.481 e. The number of nitrogens with one attached hydrogen (secondary N) is 1. The van der Waals surface area contributed by atoms with Crippen LogP contribution in [0, 0.1) is 12.8 Å². The van der Waals surface area contributed by atoms with Gasteiger partial charge in [0.15, 0.2) is 5.82 Å². The van der Waals surface area contributed by atoms with E-state index in [0.717, 1.165) is 89.9 Å². The van der Waals surface area contributed by atoms with E-state index in [0.29, 0.717) is 13.1 Å². The molecule has 1 aromatic carbocycles. The average molecular weight is 543 g/mol. The van der Waals surface area contributed by atoms with Crippen molar-refractivity contribution in [2.24, 2.45) is 10.9 Å². The number of anilines is 4. The van der Waals surface area contributed by atoms with Crippen LogP contribution < -0.4 is 20.0 Å². The molecule has 2 aromatic rings. The number of amides is 1. The third-order valence-corrected chi connectivity index (χ3v) is 8.16. The summed E-state index contributed by atoms with van der Waals surface area (Å²) in [5.41, 5.74) is 6.68. The topological polar surface area (TPSA) is 101 Å². The molecule has 9 nitrogen and oxygen atoms in total. The van der Waals surface area contributed by atoms with Gasteiger partial charge in [-0.3, -0.25) is 9.59 Å². The molecular weight excluding hydrogens is 504 g/mol. The second-order valence-corrected chi connectivity index (χ2v) is 10.9. The highest BCUT2D eigenvalue weighted by Gasteiger charge is 2.36. The maximum Gasteiger partial charge on any atom is 0.307 e. The number of hydrogen-bond acceptors (Lipinski definition) is 6. The van der Waals surface area contributed by atoms with Crippen LogP contribution in [0.2, 0.25) is 0 Å². The number of aliphatic imine (C=N–C) groups is 1. The molecule has 1 saturated carbocycles. The summed E-state index contributed by atoms with van der Waals surface area (Å²) < 4.78 is 0. The fourth-order valence-corrected chi connectivity index (χ4v) is 5.67. The van der Waals surface area contributed by atoms with E-state index in [-0.39, 0.29) is 18.2 Å². The molecule has 9 heteroatoms. The molecule has 0 radical (unpaired) electrons. The number of aliphatic carboxylic acids is 1. The molecule has 1 fully saturated rings. The fourth-order valence-electron chi connectivity index (χ4n) is 5.67. The molecule has 0 spiro atoms. The van der Waals surface area contributed by atoms with Crippen LogP contribution in [-0.2, 0) is 16.0 Å². The van der Waals surface area contributed by atoms with E-state index in [1.54, 1.807) is 0 Å². The van der Waals surface area contributed by atoms with Gasteiger partial charge >= 0.3 is 5.97 Å². The van der Waals surface area contributed by atoms with Gasteiger partial charge in [0, 0.05) is 43.9 Å². The number of allylic oxidation sites excluding steroid dienone is 1. The SMILES string of the molecule is C=CC1=C(N=C(C)Nc2ccc(CC(=O)O)cc2)CN(c2cnc3c(c2C)N(C(=O)C2CCC2)CCN3C)CC1. The molecule has 3 heterocycles. The Morgan fingerprint density at radius 3 is 2.60 bits per heavy atom. The summed E-state index contributed by atoms with van der Waals surface area (Å²) in [5.74, 6) is 1.13. The van der Waals surface area contributed by atoms with Crippen molar-refractivity contribution in [1.82, 2.24) is 4.98 Å². The van der Waals surface area contributed by atoms with Crippen molar-refractivity contribution in [3.63, 3.8) is 0 Å². The maximum atomic E-state index is 13.4. The highest BCUT2D eigenvalue weighted by atomic mass is 16.4. The lowest BCUT2D eigenvalue weighted by Gasteiger charge is -2.40.